The lowest BCUT2D eigenvalue weighted by Crippen LogP contribution is -2.46. The predicted octanol–water partition coefficient (Wildman–Crippen LogP) is 3.24. The van der Waals surface area contributed by atoms with Gasteiger partial charge in [-0.3, -0.25) is 9.20 Å². The van der Waals surface area contributed by atoms with Gasteiger partial charge in [0.1, 0.15) is 5.75 Å². The van der Waals surface area contributed by atoms with Crippen molar-refractivity contribution >= 4 is 16.8 Å². The molecule has 0 radical (unpaired) electrons. The standard InChI is InChI=1S/C22H37N3O3S/c1-4-23-22(25-19-8-6-9-21(16-19)29(26)5-2)24-14-7-15-28-17-18-10-12-20(27-3)13-11-18/h10-13,19,21H,4-9,14-17H2,1-3H3,(H2,23,24,25). The highest BCUT2D eigenvalue weighted by molar-refractivity contribution is 7.85. The summed E-state index contributed by atoms with van der Waals surface area (Å²) < 4.78 is 23.1. The number of aliphatic imine (C=N–C) groups is 1. The van der Waals surface area contributed by atoms with Gasteiger partial charge in [-0.05, 0) is 50.3 Å². The van der Waals surface area contributed by atoms with Gasteiger partial charge in [0.25, 0.3) is 0 Å². The van der Waals surface area contributed by atoms with Gasteiger partial charge in [-0.25, -0.2) is 0 Å². The third-order valence-corrected chi connectivity index (χ3v) is 6.85. The summed E-state index contributed by atoms with van der Waals surface area (Å²) in [5, 5.41) is 7.19. The number of ether oxygens (including phenoxy) is 2. The van der Waals surface area contributed by atoms with Crippen molar-refractivity contribution in [1.82, 2.24) is 10.6 Å². The summed E-state index contributed by atoms with van der Waals surface area (Å²) in [7, 11) is 0.964. The highest BCUT2D eigenvalue weighted by Crippen LogP contribution is 2.23. The number of nitrogens with one attached hydrogen (secondary N) is 2. The summed E-state index contributed by atoms with van der Waals surface area (Å²) in [6.07, 6.45) is 5.17. The Morgan fingerprint density at radius 2 is 2.03 bits per heavy atom. The Labute approximate surface area is 178 Å². The lowest BCUT2D eigenvalue weighted by molar-refractivity contribution is 0.120. The molecule has 3 atom stereocenters. The molecule has 1 aliphatic carbocycles. The molecule has 1 aromatic rings. The summed E-state index contributed by atoms with van der Waals surface area (Å²) in [6.45, 7) is 6.91. The molecule has 2 N–H and O–H groups in total. The van der Waals surface area contributed by atoms with E-state index < -0.39 is 10.8 Å². The molecule has 0 aromatic heterocycles. The van der Waals surface area contributed by atoms with Crippen molar-refractivity contribution < 1.29 is 13.7 Å². The minimum atomic E-state index is -0.704. The van der Waals surface area contributed by atoms with E-state index in [0.717, 1.165) is 68.2 Å². The van der Waals surface area contributed by atoms with Crippen LogP contribution in [0.5, 0.6) is 5.75 Å². The molecular weight excluding hydrogens is 386 g/mol. The van der Waals surface area contributed by atoms with E-state index in [1.807, 2.05) is 31.2 Å². The Kier molecular flexibility index (Phi) is 11.1. The largest absolute Gasteiger partial charge is 0.497 e. The molecule has 0 saturated heterocycles. The fraction of sp³-hybridized carbons (Fsp3) is 0.682. The van der Waals surface area contributed by atoms with Crippen molar-refractivity contribution in [1.29, 1.82) is 0 Å². The summed E-state index contributed by atoms with van der Waals surface area (Å²) in [4.78, 5) is 4.69. The quantitative estimate of drug-likeness (QED) is 0.325. The van der Waals surface area contributed by atoms with Crippen molar-refractivity contribution in [3.63, 3.8) is 0 Å². The third-order valence-electron chi connectivity index (χ3n) is 5.11. The average molecular weight is 424 g/mol. The molecule has 0 bridgehead atoms. The number of hydrogen-bond donors (Lipinski definition) is 2. The minimum Gasteiger partial charge on any atom is -0.497 e. The first-order chi connectivity index (χ1) is 14.2. The monoisotopic (exact) mass is 423 g/mol. The van der Waals surface area contributed by atoms with Crippen LogP contribution in [-0.4, -0.2) is 54.0 Å². The van der Waals surface area contributed by atoms with Crippen molar-refractivity contribution in [2.24, 2.45) is 4.99 Å². The molecule has 29 heavy (non-hydrogen) atoms. The minimum absolute atomic E-state index is 0.320. The fourth-order valence-electron chi connectivity index (χ4n) is 3.53. The SMILES string of the molecule is CCNC(=NCCCOCc1ccc(OC)cc1)NC1CCCC(S(=O)CC)C1. The Hall–Kier alpha value is -1.60. The number of hydrogen-bond acceptors (Lipinski definition) is 4. The van der Waals surface area contributed by atoms with E-state index in [-0.39, 0.29) is 0 Å². The summed E-state index contributed by atoms with van der Waals surface area (Å²) in [6, 6.07) is 8.29. The first kappa shape index (κ1) is 23.7. The van der Waals surface area contributed by atoms with Gasteiger partial charge >= 0.3 is 0 Å². The van der Waals surface area contributed by atoms with Crippen LogP contribution < -0.4 is 15.4 Å². The van der Waals surface area contributed by atoms with Crippen molar-refractivity contribution in [3.05, 3.63) is 29.8 Å². The Morgan fingerprint density at radius 3 is 2.72 bits per heavy atom. The van der Waals surface area contributed by atoms with Gasteiger partial charge in [-0.1, -0.05) is 25.5 Å². The lowest BCUT2D eigenvalue weighted by atomic mass is 9.95. The van der Waals surface area contributed by atoms with E-state index in [9.17, 15) is 4.21 Å². The Morgan fingerprint density at radius 1 is 1.24 bits per heavy atom. The van der Waals surface area contributed by atoms with Crippen LogP contribution in [0.25, 0.3) is 0 Å². The van der Waals surface area contributed by atoms with Crippen LogP contribution in [0.1, 0.15) is 51.5 Å². The zero-order chi connectivity index (χ0) is 20.9. The molecule has 0 spiro atoms. The third kappa shape index (κ3) is 8.74. The van der Waals surface area contributed by atoms with Gasteiger partial charge in [-0.2, -0.15) is 0 Å². The van der Waals surface area contributed by atoms with Crippen molar-refractivity contribution in [2.45, 2.75) is 63.9 Å². The highest BCUT2D eigenvalue weighted by Gasteiger charge is 2.25. The maximum absolute atomic E-state index is 12.1. The van der Waals surface area contributed by atoms with Crippen molar-refractivity contribution in [2.75, 3.05) is 32.6 Å². The zero-order valence-electron chi connectivity index (χ0n) is 18.1. The Balaban J connectivity index is 1.70. The van der Waals surface area contributed by atoms with E-state index in [1.165, 1.54) is 0 Å². The smallest absolute Gasteiger partial charge is 0.191 e. The van der Waals surface area contributed by atoms with Crippen molar-refractivity contribution in [3.8, 4) is 5.75 Å². The predicted molar refractivity (Wildman–Crippen MR) is 121 cm³/mol. The van der Waals surface area contributed by atoms with Crippen LogP contribution in [0.2, 0.25) is 0 Å². The van der Waals surface area contributed by atoms with E-state index in [0.29, 0.717) is 24.5 Å². The van der Waals surface area contributed by atoms with Crippen LogP contribution in [-0.2, 0) is 22.1 Å². The molecule has 164 valence electrons. The normalized spacial score (nSPS) is 20.9. The van der Waals surface area contributed by atoms with Crippen LogP contribution in [0.15, 0.2) is 29.3 Å². The molecule has 1 aromatic carbocycles. The van der Waals surface area contributed by atoms with Gasteiger partial charge in [0.05, 0.1) is 13.7 Å². The Bertz CT molecular complexity index is 637. The maximum Gasteiger partial charge on any atom is 0.191 e. The van der Waals surface area contributed by atoms with Gasteiger partial charge in [0.15, 0.2) is 5.96 Å². The summed E-state index contributed by atoms with van der Waals surface area (Å²) in [5.41, 5.74) is 1.14. The topological polar surface area (TPSA) is 72.0 Å². The number of methoxy groups -OCH3 is 1. The molecule has 1 fully saturated rings. The molecule has 0 heterocycles. The van der Waals surface area contributed by atoms with E-state index in [2.05, 4.69) is 22.5 Å². The molecule has 3 unspecified atom stereocenters. The summed E-state index contributed by atoms with van der Waals surface area (Å²) >= 11 is 0. The molecule has 1 aliphatic rings. The lowest BCUT2D eigenvalue weighted by Gasteiger charge is -2.30. The fourth-order valence-corrected chi connectivity index (χ4v) is 4.88. The summed E-state index contributed by atoms with van der Waals surface area (Å²) in [5.74, 6) is 2.47. The first-order valence-electron chi connectivity index (χ1n) is 10.8. The number of guanidine groups is 1. The average Bonchev–Trinajstić information content (AvgIpc) is 2.76. The van der Waals surface area contributed by atoms with Crippen LogP contribution in [0, 0.1) is 0 Å². The molecule has 1 saturated carbocycles. The molecule has 2 rings (SSSR count). The number of benzene rings is 1. The van der Waals surface area contributed by atoms with Gasteiger partial charge in [0, 0.05) is 47.5 Å². The molecule has 0 amide bonds. The second-order valence-electron chi connectivity index (χ2n) is 7.31. The zero-order valence-corrected chi connectivity index (χ0v) is 18.9. The van der Waals surface area contributed by atoms with E-state index >= 15 is 0 Å². The molecule has 7 heteroatoms. The van der Waals surface area contributed by atoms with Crippen LogP contribution >= 0.6 is 0 Å². The second-order valence-corrected chi connectivity index (χ2v) is 9.32. The second kappa shape index (κ2) is 13.6. The molecule has 6 nitrogen and oxygen atoms in total. The maximum atomic E-state index is 12.1. The van der Waals surface area contributed by atoms with Gasteiger partial charge in [0.2, 0.25) is 0 Å². The van der Waals surface area contributed by atoms with Gasteiger partial charge in [-0.15, -0.1) is 0 Å². The van der Waals surface area contributed by atoms with Gasteiger partial charge < -0.3 is 20.1 Å². The van der Waals surface area contributed by atoms with E-state index in [4.69, 9.17) is 9.47 Å². The first-order valence-corrected chi connectivity index (χ1v) is 12.2. The number of nitrogens with zero attached hydrogens (tertiary/aromatic N) is 1. The van der Waals surface area contributed by atoms with Crippen LogP contribution in [0.3, 0.4) is 0 Å². The van der Waals surface area contributed by atoms with Crippen LogP contribution in [0.4, 0.5) is 0 Å². The highest BCUT2D eigenvalue weighted by atomic mass is 32.2. The number of rotatable bonds is 11. The molecular formula is C22H37N3O3S. The van der Waals surface area contributed by atoms with E-state index in [1.54, 1.807) is 7.11 Å². The molecule has 0 aliphatic heterocycles.